The average molecular weight is 547 g/mol. The van der Waals surface area contributed by atoms with Gasteiger partial charge in [-0.15, -0.1) is 0 Å². The molecule has 9 nitrogen and oxygen atoms in total. The summed E-state index contributed by atoms with van der Waals surface area (Å²) in [7, 11) is -3.60. The van der Waals surface area contributed by atoms with E-state index < -0.39 is 27.2 Å². The Morgan fingerprint density at radius 2 is 1.66 bits per heavy atom. The second kappa shape index (κ2) is 9.99. The Balaban J connectivity index is 1.38. The van der Waals surface area contributed by atoms with Crippen LogP contribution in [0.5, 0.6) is 11.5 Å². The first-order valence-corrected chi connectivity index (χ1v) is 13.9. The van der Waals surface area contributed by atoms with Gasteiger partial charge < -0.3 is 14.7 Å². The molecular weight excluding hydrogens is 518 g/mol. The van der Waals surface area contributed by atoms with Gasteiger partial charge in [0.05, 0.1) is 24.2 Å². The second-order valence-corrected chi connectivity index (χ2v) is 12.1. The molecule has 1 aromatic heterocycles. The fourth-order valence-corrected chi connectivity index (χ4v) is 5.86. The molecule has 0 radical (unpaired) electrons. The van der Waals surface area contributed by atoms with Crippen molar-refractivity contribution in [3.63, 3.8) is 0 Å². The maximum absolute atomic E-state index is 13.8. The minimum Gasteiger partial charge on any atom is -0.508 e. The molecule has 1 aliphatic heterocycles. The fourth-order valence-electron chi connectivity index (χ4n) is 4.34. The van der Waals surface area contributed by atoms with E-state index >= 15 is 0 Å². The van der Waals surface area contributed by atoms with Crippen molar-refractivity contribution < 1.29 is 27.0 Å². The zero-order valence-electron chi connectivity index (χ0n) is 20.8. The van der Waals surface area contributed by atoms with Crippen LogP contribution in [0.15, 0.2) is 53.5 Å². The first kappa shape index (κ1) is 26.1. The van der Waals surface area contributed by atoms with Crippen LogP contribution in [0, 0.1) is 17.0 Å². The SMILES string of the molecule is CC1(COc2c(N3CCN(S(=O)(=O)Cc4ccc(O)cc4)CC3)cnn(-c3cc(F)cc(F)c3)c2=O)CC1. The molecule has 202 valence electrons. The van der Waals surface area contributed by atoms with Crippen LogP contribution in [0.25, 0.3) is 5.69 Å². The summed E-state index contributed by atoms with van der Waals surface area (Å²) in [6, 6.07) is 8.77. The molecule has 0 bridgehead atoms. The van der Waals surface area contributed by atoms with Crippen molar-refractivity contribution in [3.05, 3.63) is 76.2 Å². The highest BCUT2D eigenvalue weighted by atomic mass is 32.2. The van der Waals surface area contributed by atoms with Gasteiger partial charge in [0.1, 0.15) is 23.1 Å². The van der Waals surface area contributed by atoms with Crippen LogP contribution in [0.3, 0.4) is 0 Å². The summed E-state index contributed by atoms with van der Waals surface area (Å²) >= 11 is 0. The monoisotopic (exact) mass is 546 g/mol. The van der Waals surface area contributed by atoms with Crippen LogP contribution in [0.2, 0.25) is 0 Å². The molecule has 2 aromatic carbocycles. The van der Waals surface area contributed by atoms with Crippen LogP contribution >= 0.6 is 0 Å². The Morgan fingerprint density at radius 3 is 2.26 bits per heavy atom. The first-order valence-electron chi connectivity index (χ1n) is 12.3. The lowest BCUT2D eigenvalue weighted by Gasteiger charge is -2.35. The van der Waals surface area contributed by atoms with Crippen molar-refractivity contribution >= 4 is 15.7 Å². The minimum atomic E-state index is -3.60. The van der Waals surface area contributed by atoms with E-state index in [1.54, 1.807) is 12.1 Å². The zero-order chi connectivity index (χ0) is 27.1. The maximum Gasteiger partial charge on any atom is 0.316 e. The van der Waals surface area contributed by atoms with E-state index in [1.807, 2.05) is 11.8 Å². The molecule has 1 saturated carbocycles. The number of aromatic nitrogens is 2. The van der Waals surface area contributed by atoms with Crippen molar-refractivity contribution in [2.45, 2.75) is 25.5 Å². The Bertz CT molecular complexity index is 1480. The molecule has 3 aromatic rings. The van der Waals surface area contributed by atoms with Gasteiger partial charge >= 0.3 is 5.56 Å². The van der Waals surface area contributed by atoms with E-state index in [0.29, 0.717) is 37.0 Å². The van der Waals surface area contributed by atoms with Gasteiger partial charge in [-0.05, 0) is 42.7 Å². The van der Waals surface area contributed by atoms with Gasteiger partial charge in [0, 0.05) is 37.7 Å². The standard InChI is InChI=1S/C26H28F2N4O5S/c1-26(6-7-26)17-37-24-23(15-29-32(25(24)34)21-13-19(27)12-20(28)14-21)30-8-10-31(11-9-30)38(35,36)16-18-2-4-22(33)5-3-18/h2-5,12-15,33H,6-11,16-17H2,1H3. The Hall–Kier alpha value is -3.51. The predicted molar refractivity (Wildman–Crippen MR) is 137 cm³/mol. The minimum absolute atomic E-state index is 0.0122. The summed E-state index contributed by atoms with van der Waals surface area (Å²) in [4.78, 5) is 15.3. The fraction of sp³-hybridized carbons (Fsp3) is 0.385. The van der Waals surface area contributed by atoms with Gasteiger partial charge in [0.15, 0.2) is 0 Å². The van der Waals surface area contributed by atoms with Gasteiger partial charge in [-0.3, -0.25) is 4.79 Å². The molecule has 2 fully saturated rings. The van der Waals surface area contributed by atoms with Crippen LogP contribution in [-0.4, -0.2) is 60.4 Å². The molecule has 2 aliphatic rings. The number of benzene rings is 2. The Labute approximate surface area is 218 Å². The number of phenolic OH excluding ortho intramolecular Hbond substituents is 1. The summed E-state index contributed by atoms with van der Waals surface area (Å²) < 4.78 is 61.9. The lowest BCUT2D eigenvalue weighted by molar-refractivity contribution is 0.242. The Morgan fingerprint density at radius 1 is 1.03 bits per heavy atom. The number of hydrogen-bond donors (Lipinski definition) is 1. The van der Waals surface area contributed by atoms with Crippen LogP contribution < -0.4 is 15.2 Å². The quantitative estimate of drug-likeness (QED) is 0.463. The molecule has 12 heteroatoms. The lowest BCUT2D eigenvalue weighted by Crippen LogP contribution is -2.49. The second-order valence-electron chi connectivity index (χ2n) is 10.1. The van der Waals surface area contributed by atoms with E-state index in [-0.39, 0.29) is 41.4 Å². The van der Waals surface area contributed by atoms with E-state index in [4.69, 9.17) is 4.74 Å². The van der Waals surface area contributed by atoms with E-state index in [9.17, 15) is 27.1 Å². The van der Waals surface area contributed by atoms with Crippen molar-refractivity contribution in [2.24, 2.45) is 5.41 Å². The number of phenols is 1. The number of hydrogen-bond acceptors (Lipinski definition) is 7. The zero-order valence-corrected chi connectivity index (χ0v) is 21.6. The number of ether oxygens (including phenoxy) is 1. The molecule has 0 spiro atoms. The molecule has 38 heavy (non-hydrogen) atoms. The molecule has 1 aliphatic carbocycles. The lowest BCUT2D eigenvalue weighted by atomic mass is 10.2. The number of anilines is 1. The molecule has 0 amide bonds. The first-order chi connectivity index (χ1) is 18.0. The van der Waals surface area contributed by atoms with Gasteiger partial charge in [0.25, 0.3) is 0 Å². The van der Waals surface area contributed by atoms with Crippen LogP contribution in [0.1, 0.15) is 25.3 Å². The number of rotatable bonds is 8. The average Bonchev–Trinajstić information content (AvgIpc) is 3.61. The molecule has 1 saturated heterocycles. The van der Waals surface area contributed by atoms with E-state index in [1.165, 1.54) is 22.6 Å². The van der Waals surface area contributed by atoms with Gasteiger partial charge in [-0.1, -0.05) is 19.1 Å². The van der Waals surface area contributed by atoms with Crippen molar-refractivity contribution in [1.29, 1.82) is 0 Å². The molecule has 1 N–H and O–H groups in total. The van der Waals surface area contributed by atoms with Crippen molar-refractivity contribution in [3.8, 4) is 17.2 Å². The summed E-state index contributed by atoms with van der Waals surface area (Å²) in [5.74, 6) is -1.79. The van der Waals surface area contributed by atoms with Crippen molar-refractivity contribution in [1.82, 2.24) is 14.1 Å². The topological polar surface area (TPSA) is 105 Å². The highest BCUT2D eigenvalue weighted by Gasteiger charge is 2.39. The third-order valence-corrected chi connectivity index (χ3v) is 8.78. The molecule has 2 heterocycles. The molecule has 0 atom stereocenters. The number of halogens is 2. The molecule has 5 rings (SSSR count). The largest absolute Gasteiger partial charge is 0.508 e. The third-order valence-electron chi connectivity index (χ3n) is 6.93. The summed E-state index contributed by atoms with van der Waals surface area (Å²) in [5.41, 5.74) is 0.217. The summed E-state index contributed by atoms with van der Waals surface area (Å²) in [6.07, 6.45) is 3.35. The number of sulfonamides is 1. The highest BCUT2D eigenvalue weighted by Crippen LogP contribution is 2.45. The number of piperazine rings is 1. The normalized spacial score (nSPS) is 17.4. The third kappa shape index (κ3) is 5.65. The predicted octanol–water partition coefficient (Wildman–Crippen LogP) is 3.05. The number of nitrogens with zero attached hydrogens (tertiary/aromatic N) is 4. The maximum atomic E-state index is 13.8. The van der Waals surface area contributed by atoms with E-state index in [0.717, 1.165) is 29.7 Å². The summed E-state index contributed by atoms with van der Waals surface area (Å²) in [5, 5.41) is 13.6. The van der Waals surface area contributed by atoms with Crippen LogP contribution in [0.4, 0.5) is 14.5 Å². The van der Waals surface area contributed by atoms with Gasteiger partial charge in [0.2, 0.25) is 15.8 Å². The van der Waals surface area contributed by atoms with Crippen LogP contribution in [-0.2, 0) is 15.8 Å². The Kier molecular flexibility index (Phi) is 6.86. The van der Waals surface area contributed by atoms with Crippen molar-refractivity contribution in [2.75, 3.05) is 37.7 Å². The van der Waals surface area contributed by atoms with E-state index in [2.05, 4.69) is 5.10 Å². The van der Waals surface area contributed by atoms with Gasteiger partial charge in [-0.25, -0.2) is 17.2 Å². The van der Waals surface area contributed by atoms with Gasteiger partial charge in [-0.2, -0.15) is 14.1 Å². The highest BCUT2D eigenvalue weighted by molar-refractivity contribution is 7.88. The smallest absolute Gasteiger partial charge is 0.316 e. The molecular formula is C26H28F2N4O5S. The number of aromatic hydroxyl groups is 1. The summed E-state index contributed by atoms with van der Waals surface area (Å²) in [6.45, 7) is 3.32. The molecule has 0 unspecified atom stereocenters.